The van der Waals surface area contributed by atoms with Crippen LogP contribution in [-0.2, 0) is 20.9 Å². The molecular weight excluding hydrogens is 306 g/mol. The summed E-state index contributed by atoms with van der Waals surface area (Å²) in [6, 6.07) is 6.48. The van der Waals surface area contributed by atoms with Gasteiger partial charge in [0.1, 0.15) is 0 Å². The van der Waals surface area contributed by atoms with E-state index in [1.807, 2.05) is 6.07 Å². The third-order valence-electron chi connectivity index (χ3n) is 5.72. The molecule has 128 valence electrons. The molecule has 1 fully saturated rings. The number of sulfonamides is 1. The fraction of sp³-hybridized carbons (Fsp3) is 0.684. The van der Waals surface area contributed by atoms with Crippen LogP contribution in [0.5, 0.6) is 0 Å². The van der Waals surface area contributed by atoms with Crippen molar-refractivity contribution in [3.63, 3.8) is 0 Å². The van der Waals surface area contributed by atoms with Crippen LogP contribution in [0.2, 0.25) is 0 Å². The molecule has 0 saturated heterocycles. The van der Waals surface area contributed by atoms with Gasteiger partial charge in [0.25, 0.3) is 0 Å². The van der Waals surface area contributed by atoms with Gasteiger partial charge in [-0.15, -0.1) is 0 Å². The van der Waals surface area contributed by atoms with Crippen LogP contribution in [0.25, 0.3) is 0 Å². The summed E-state index contributed by atoms with van der Waals surface area (Å²) in [5, 5.41) is -0.505. The number of fused-ring (bicyclic) bond motifs is 1. The van der Waals surface area contributed by atoms with E-state index in [1.54, 1.807) is 6.92 Å². The highest BCUT2D eigenvalue weighted by atomic mass is 32.2. The van der Waals surface area contributed by atoms with Crippen LogP contribution in [-0.4, -0.2) is 14.5 Å². The molecule has 0 unspecified atom stereocenters. The second-order valence-corrected chi connectivity index (χ2v) is 10.7. The van der Waals surface area contributed by atoms with Gasteiger partial charge in [-0.25, -0.2) is 13.1 Å². The Bertz CT molecular complexity index is 715. The van der Waals surface area contributed by atoms with Gasteiger partial charge in [-0.3, -0.25) is 0 Å². The van der Waals surface area contributed by atoms with E-state index in [4.69, 9.17) is 0 Å². The second-order valence-electron chi connectivity index (χ2n) is 8.65. The SMILES string of the molecule is C[C@@H](c1ccc2c(c1)C(C)(C)CCC2(C)C)S(=O)(=O)NC1CC1. The molecule has 0 heterocycles. The third kappa shape index (κ3) is 3.20. The maximum Gasteiger partial charge on any atom is 0.218 e. The topological polar surface area (TPSA) is 46.2 Å². The van der Waals surface area contributed by atoms with Crippen molar-refractivity contribution in [3.8, 4) is 0 Å². The molecule has 0 radical (unpaired) electrons. The molecule has 2 aliphatic rings. The fourth-order valence-electron chi connectivity index (χ4n) is 3.57. The standard InChI is InChI=1S/C19H29NO2S/c1-13(23(21,22)20-15-7-8-15)14-6-9-16-17(12-14)19(4,5)11-10-18(16,2)3/h6,9,12-13,15,20H,7-8,10-11H2,1-5H3/t13-/m0/s1. The molecule has 0 aromatic heterocycles. The Kier molecular flexibility index (Phi) is 3.92. The normalized spacial score (nSPS) is 24.0. The van der Waals surface area contributed by atoms with E-state index in [0.717, 1.165) is 24.8 Å². The Labute approximate surface area is 140 Å². The van der Waals surface area contributed by atoms with E-state index in [0.29, 0.717) is 0 Å². The van der Waals surface area contributed by atoms with Gasteiger partial charge in [-0.2, -0.15) is 0 Å². The van der Waals surface area contributed by atoms with Gasteiger partial charge >= 0.3 is 0 Å². The summed E-state index contributed by atoms with van der Waals surface area (Å²) in [6.45, 7) is 10.9. The molecule has 0 spiro atoms. The zero-order valence-corrected chi connectivity index (χ0v) is 15.8. The first-order valence-corrected chi connectivity index (χ1v) is 10.2. The Morgan fingerprint density at radius 3 is 2.17 bits per heavy atom. The second kappa shape index (κ2) is 5.32. The quantitative estimate of drug-likeness (QED) is 0.897. The summed E-state index contributed by atoms with van der Waals surface area (Å²) >= 11 is 0. The number of hydrogen-bond donors (Lipinski definition) is 1. The molecule has 1 aromatic carbocycles. The van der Waals surface area contributed by atoms with Crippen LogP contribution in [0.4, 0.5) is 0 Å². The minimum atomic E-state index is -3.29. The maximum atomic E-state index is 12.5. The first-order valence-electron chi connectivity index (χ1n) is 8.69. The third-order valence-corrected chi connectivity index (χ3v) is 7.58. The van der Waals surface area contributed by atoms with Crippen molar-refractivity contribution in [2.45, 2.75) is 82.4 Å². The van der Waals surface area contributed by atoms with Gasteiger partial charge in [-0.1, -0.05) is 45.9 Å². The van der Waals surface area contributed by atoms with E-state index >= 15 is 0 Å². The molecule has 1 aromatic rings. The summed E-state index contributed by atoms with van der Waals surface area (Å²) in [4.78, 5) is 0. The van der Waals surface area contributed by atoms with Gasteiger partial charge in [0, 0.05) is 6.04 Å². The highest BCUT2D eigenvalue weighted by Crippen LogP contribution is 2.46. The summed E-state index contributed by atoms with van der Waals surface area (Å²) in [5.74, 6) is 0. The Hall–Kier alpha value is -0.870. The molecule has 0 aliphatic heterocycles. The lowest BCUT2D eigenvalue weighted by Gasteiger charge is -2.42. The minimum absolute atomic E-state index is 0.105. The molecule has 1 saturated carbocycles. The van der Waals surface area contributed by atoms with Crippen LogP contribution < -0.4 is 4.72 Å². The van der Waals surface area contributed by atoms with Crippen molar-refractivity contribution in [2.24, 2.45) is 0 Å². The van der Waals surface area contributed by atoms with Gasteiger partial charge in [0.2, 0.25) is 10.0 Å². The predicted molar refractivity (Wildman–Crippen MR) is 95.2 cm³/mol. The van der Waals surface area contributed by atoms with Crippen LogP contribution >= 0.6 is 0 Å². The maximum absolute atomic E-state index is 12.5. The minimum Gasteiger partial charge on any atom is -0.212 e. The Morgan fingerprint density at radius 1 is 1.04 bits per heavy atom. The Balaban J connectivity index is 1.99. The molecule has 1 N–H and O–H groups in total. The van der Waals surface area contributed by atoms with Crippen molar-refractivity contribution in [2.75, 3.05) is 0 Å². The lowest BCUT2D eigenvalue weighted by molar-refractivity contribution is 0.331. The van der Waals surface area contributed by atoms with Gasteiger partial charge in [0.15, 0.2) is 0 Å². The molecule has 0 amide bonds. The largest absolute Gasteiger partial charge is 0.218 e. The molecule has 3 nitrogen and oxygen atoms in total. The first-order chi connectivity index (χ1) is 10.5. The van der Waals surface area contributed by atoms with Gasteiger partial charge in [0.05, 0.1) is 5.25 Å². The first kappa shape index (κ1) is 17.0. The molecular formula is C19H29NO2S. The van der Waals surface area contributed by atoms with Crippen molar-refractivity contribution < 1.29 is 8.42 Å². The van der Waals surface area contributed by atoms with Crippen LogP contribution in [0.1, 0.15) is 82.2 Å². The molecule has 0 bridgehead atoms. The van der Waals surface area contributed by atoms with E-state index in [-0.39, 0.29) is 16.9 Å². The van der Waals surface area contributed by atoms with E-state index < -0.39 is 15.3 Å². The van der Waals surface area contributed by atoms with Gasteiger partial charge in [-0.05, 0) is 60.1 Å². The smallest absolute Gasteiger partial charge is 0.212 e. The van der Waals surface area contributed by atoms with Crippen molar-refractivity contribution in [3.05, 3.63) is 34.9 Å². The average Bonchev–Trinajstić information content (AvgIpc) is 3.26. The lowest BCUT2D eigenvalue weighted by atomic mass is 9.63. The molecule has 1 atom stereocenters. The van der Waals surface area contributed by atoms with Crippen LogP contribution in [0, 0.1) is 0 Å². The zero-order chi connectivity index (χ0) is 17.0. The van der Waals surface area contributed by atoms with E-state index in [9.17, 15) is 8.42 Å². The zero-order valence-electron chi connectivity index (χ0n) is 14.9. The molecule has 2 aliphatic carbocycles. The van der Waals surface area contributed by atoms with Crippen molar-refractivity contribution in [1.29, 1.82) is 0 Å². The lowest BCUT2D eigenvalue weighted by Crippen LogP contribution is -2.34. The number of hydrogen-bond acceptors (Lipinski definition) is 2. The average molecular weight is 336 g/mol. The number of nitrogens with one attached hydrogen (secondary N) is 1. The van der Waals surface area contributed by atoms with Crippen molar-refractivity contribution >= 4 is 10.0 Å². The highest BCUT2D eigenvalue weighted by molar-refractivity contribution is 7.89. The molecule has 23 heavy (non-hydrogen) atoms. The number of benzene rings is 1. The summed E-state index contributed by atoms with van der Waals surface area (Å²) in [7, 11) is -3.29. The van der Waals surface area contributed by atoms with Crippen molar-refractivity contribution in [1.82, 2.24) is 4.72 Å². The van der Waals surface area contributed by atoms with E-state index in [2.05, 4.69) is 44.5 Å². The molecule has 3 rings (SSSR count). The monoisotopic (exact) mass is 335 g/mol. The van der Waals surface area contributed by atoms with E-state index in [1.165, 1.54) is 17.5 Å². The summed E-state index contributed by atoms with van der Waals surface area (Å²) in [5.41, 5.74) is 3.87. The summed E-state index contributed by atoms with van der Waals surface area (Å²) < 4.78 is 27.9. The summed E-state index contributed by atoms with van der Waals surface area (Å²) in [6.07, 6.45) is 4.25. The number of rotatable bonds is 4. The fourth-order valence-corrected chi connectivity index (χ4v) is 4.98. The Morgan fingerprint density at radius 2 is 1.61 bits per heavy atom. The highest BCUT2D eigenvalue weighted by Gasteiger charge is 2.38. The molecule has 4 heteroatoms. The van der Waals surface area contributed by atoms with Gasteiger partial charge < -0.3 is 0 Å². The van der Waals surface area contributed by atoms with Crippen LogP contribution in [0.15, 0.2) is 18.2 Å². The van der Waals surface area contributed by atoms with Crippen LogP contribution in [0.3, 0.4) is 0 Å². The predicted octanol–water partition coefficient (Wildman–Crippen LogP) is 4.18.